The summed E-state index contributed by atoms with van der Waals surface area (Å²) in [5.41, 5.74) is 16.0. The Kier molecular flexibility index (Phi) is 25.7. The Morgan fingerprint density at radius 2 is 1.05 bits per heavy atom. The van der Waals surface area contributed by atoms with Crippen LogP contribution in [0.3, 0.4) is 0 Å². The fourth-order valence-corrected chi connectivity index (χ4v) is 11.0. The molecule has 0 fully saturated rings. The first-order valence-electron chi connectivity index (χ1n) is 26.1. The lowest BCUT2D eigenvalue weighted by atomic mass is 10.0. The number of carbonyl (C=O) groups is 3. The second kappa shape index (κ2) is 31.7. The number of rotatable bonds is 24. The molecule has 21 heteroatoms. The number of guanidine groups is 1. The summed E-state index contributed by atoms with van der Waals surface area (Å²) in [7, 11) is 0. The molecule has 0 atom stereocenters. The number of amides is 3. The molecule has 15 nitrogen and oxygen atoms in total. The number of aromatic nitrogens is 2. The fraction of sp³-hybridized carbons (Fsp3) is 0.397. The number of anilines is 2. The van der Waals surface area contributed by atoms with Gasteiger partial charge in [0, 0.05) is 73.0 Å². The number of hydrogen-bond donors (Lipinski definition) is 5. The highest BCUT2D eigenvalue weighted by Gasteiger charge is 2.23. The Balaban J connectivity index is 0.000000295. The van der Waals surface area contributed by atoms with Gasteiger partial charge >= 0.3 is 6.09 Å². The molecule has 3 amide bonds. The van der Waals surface area contributed by atoms with Gasteiger partial charge in [-0.3, -0.25) is 24.9 Å². The molecule has 79 heavy (non-hydrogen) atoms. The molecular weight excluding hydrogens is 1120 g/mol. The van der Waals surface area contributed by atoms with Gasteiger partial charge < -0.3 is 36.6 Å². The molecule has 6 rings (SSSR count). The number of nitrogens with two attached hydrogens (primary N) is 2. The van der Waals surface area contributed by atoms with Crippen LogP contribution in [-0.4, -0.2) is 84.5 Å². The van der Waals surface area contributed by atoms with Gasteiger partial charge in [0.15, 0.2) is 16.2 Å². The van der Waals surface area contributed by atoms with Crippen LogP contribution in [0, 0.1) is 11.8 Å². The Morgan fingerprint density at radius 1 is 0.633 bits per heavy atom. The minimum Gasteiger partial charge on any atom is -0.444 e. The summed E-state index contributed by atoms with van der Waals surface area (Å²) < 4.78 is 5.23. The van der Waals surface area contributed by atoms with Gasteiger partial charge in [-0.1, -0.05) is 147 Å². The summed E-state index contributed by atoms with van der Waals surface area (Å²) in [5.74, 6) is 1.18. The number of hydrogen-bond acceptors (Lipinski definition) is 12. The minimum atomic E-state index is -0.591. The van der Waals surface area contributed by atoms with Crippen LogP contribution in [0.25, 0.3) is 22.5 Å². The zero-order chi connectivity index (χ0) is 57.6. The number of halogens is 4. The molecule has 7 N–H and O–H groups in total. The van der Waals surface area contributed by atoms with Gasteiger partial charge in [-0.25, -0.2) is 14.8 Å². The lowest BCUT2D eigenvalue weighted by Gasteiger charge is -2.22. The van der Waals surface area contributed by atoms with Crippen molar-refractivity contribution in [2.75, 3.05) is 49.1 Å². The predicted octanol–water partition coefficient (Wildman–Crippen LogP) is 12.9. The van der Waals surface area contributed by atoms with Gasteiger partial charge in [-0.05, 0) is 87.8 Å². The summed E-state index contributed by atoms with van der Waals surface area (Å²) in [6.45, 7) is 19.5. The van der Waals surface area contributed by atoms with Crippen molar-refractivity contribution < 1.29 is 19.1 Å². The van der Waals surface area contributed by atoms with Gasteiger partial charge in [-0.15, -0.1) is 22.7 Å². The first kappa shape index (κ1) is 63.9. The van der Waals surface area contributed by atoms with Crippen molar-refractivity contribution in [1.29, 1.82) is 0 Å². The zero-order valence-electron chi connectivity index (χ0n) is 46.2. The number of carbonyl (C=O) groups excluding carboxylic acids is 3. The molecule has 0 aliphatic rings. The maximum atomic E-state index is 12.8. The van der Waals surface area contributed by atoms with E-state index in [4.69, 9.17) is 72.6 Å². The molecule has 2 heterocycles. The third-order valence-electron chi connectivity index (χ3n) is 11.3. The summed E-state index contributed by atoms with van der Waals surface area (Å²) >= 11 is 28.3. The van der Waals surface area contributed by atoms with Crippen LogP contribution in [-0.2, 0) is 40.3 Å². The lowest BCUT2D eigenvalue weighted by molar-refractivity contribution is -0.121. The van der Waals surface area contributed by atoms with E-state index in [9.17, 15) is 14.4 Å². The quantitative estimate of drug-likeness (QED) is 0.0220. The molecule has 0 spiro atoms. The Hall–Kier alpha value is -5.95. The van der Waals surface area contributed by atoms with Crippen LogP contribution in [0.4, 0.5) is 15.1 Å². The van der Waals surface area contributed by atoms with Crippen molar-refractivity contribution in [3.8, 4) is 22.5 Å². The number of benzene rings is 4. The van der Waals surface area contributed by atoms with Crippen molar-refractivity contribution in [2.24, 2.45) is 33.3 Å². The Morgan fingerprint density at radius 3 is 1.43 bits per heavy atom. The van der Waals surface area contributed by atoms with Gasteiger partial charge in [-0.2, -0.15) is 0 Å². The molecule has 6 aromatic rings. The molecular formula is C58H73Cl4N11O4S2. The summed E-state index contributed by atoms with van der Waals surface area (Å²) in [6, 6.07) is 31.5. The van der Waals surface area contributed by atoms with Gasteiger partial charge in [0.05, 0.1) is 44.6 Å². The van der Waals surface area contributed by atoms with E-state index in [2.05, 4.69) is 87.7 Å². The van der Waals surface area contributed by atoms with Crippen molar-refractivity contribution >= 4 is 109 Å². The number of alkyl carbamates (subject to hydrolysis) is 1. The van der Waals surface area contributed by atoms with Gasteiger partial charge in [0.25, 0.3) is 0 Å². The first-order valence-corrected chi connectivity index (χ1v) is 29.3. The summed E-state index contributed by atoms with van der Waals surface area (Å²) in [5, 5.41) is 12.1. The topological polar surface area (TPSA) is 206 Å². The molecule has 0 aliphatic heterocycles. The van der Waals surface area contributed by atoms with Crippen molar-refractivity contribution in [3.05, 3.63) is 138 Å². The summed E-state index contributed by atoms with van der Waals surface area (Å²) in [4.78, 5) is 62.1. The van der Waals surface area contributed by atoms with E-state index in [0.717, 1.165) is 56.7 Å². The van der Waals surface area contributed by atoms with E-state index in [1.54, 1.807) is 62.5 Å². The lowest BCUT2D eigenvalue weighted by Crippen LogP contribution is -2.35. The monoisotopic (exact) mass is 1190 g/mol. The fourth-order valence-electron chi connectivity index (χ4n) is 7.74. The SMILES string of the molecule is CC(=NCCNC(=O)CCN(Cc1ccccc1)c1nc(-c2ccc(Cl)c(Cl)c2)c(CC(C)C)s1)NC(=O)OC(C)(C)C.CC(C)Cc1sc(N(CCC(=O)NCCN=C(N)N)Cc2ccccc2)nc1-c1ccc(Cl)c(Cl)c1. The number of aliphatic imine (C=N–C) groups is 2. The van der Waals surface area contributed by atoms with Crippen LogP contribution in [0.15, 0.2) is 107 Å². The van der Waals surface area contributed by atoms with Crippen molar-refractivity contribution in [2.45, 2.75) is 99.8 Å². The van der Waals surface area contributed by atoms with E-state index < -0.39 is 11.7 Å². The highest BCUT2D eigenvalue weighted by atomic mass is 35.5. The van der Waals surface area contributed by atoms with Gasteiger partial charge in [0.1, 0.15) is 11.4 Å². The van der Waals surface area contributed by atoms with Crippen LogP contribution >= 0.6 is 69.1 Å². The van der Waals surface area contributed by atoms with Crippen LogP contribution < -0.4 is 37.2 Å². The molecule has 0 saturated carbocycles. The summed E-state index contributed by atoms with van der Waals surface area (Å²) in [6.07, 6.45) is 1.80. The molecule has 0 unspecified atom stereocenters. The predicted molar refractivity (Wildman–Crippen MR) is 330 cm³/mol. The molecule has 0 saturated heterocycles. The third kappa shape index (κ3) is 22.6. The van der Waals surface area contributed by atoms with Crippen LogP contribution in [0.1, 0.15) is 89.1 Å². The molecule has 4 aromatic carbocycles. The second-order valence-corrected chi connectivity index (χ2v) is 24.2. The van der Waals surface area contributed by atoms with Crippen LogP contribution in [0.2, 0.25) is 20.1 Å². The number of ether oxygens (including phenoxy) is 1. The van der Waals surface area contributed by atoms with E-state index in [0.29, 0.717) is 96.5 Å². The van der Waals surface area contributed by atoms with E-state index in [1.165, 1.54) is 9.75 Å². The smallest absolute Gasteiger partial charge is 0.413 e. The van der Waals surface area contributed by atoms with E-state index in [1.807, 2.05) is 60.7 Å². The third-order valence-corrected chi connectivity index (χ3v) is 15.1. The number of amidine groups is 1. The largest absolute Gasteiger partial charge is 0.444 e. The normalized spacial score (nSPS) is 11.4. The van der Waals surface area contributed by atoms with Crippen molar-refractivity contribution in [1.82, 2.24) is 25.9 Å². The van der Waals surface area contributed by atoms with Crippen LogP contribution in [0.5, 0.6) is 0 Å². The van der Waals surface area contributed by atoms with Crippen molar-refractivity contribution in [3.63, 3.8) is 0 Å². The molecule has 0 radical (unpaired) electrons. The Labute approximate surface area is 493 Å². The minimum absolute atomic E-state index is 0.0111. The number of nitrogens with zero attached hydrogens (tertiary/aromatic N) is 6. The van der Waals surface area contributed by atoms with Gasteiger partial charge in [0.2, 0.25) is 11.8 Å². The second-order valence-electron chi connectivity index (χ2n) is 20.4. The molecule has 0 aliphatic carbocycles. The zero-order valence-corrected chi connectivity index (χ0v) is 50.8. The highest BCUT2D eigenvalue weighted by molar-refractivity contribution is 7.16. The average molecular weight is 1190 g/mol. The maximum absolute atomic E-state index is 12.8. The molecule has 2 aromatic heterocycles. The molecule has 424 valence electrons. The number of thiazole rings is 2. The average Bonchev–Trinajstić information content (AvgIpc) is 4.07. The highest BCUT2D eigenvalue weighted by Crippen LogP contribution is 2.39. The number of nitrogens with one attached hydrogen (secondary N) is 3. The standard InChI is InChI=1S/C32H41Cl2N5O3S.C26H32Cl2N6OS/c1-21(2)18-27-29(24-12-13-25(33)26(34)19-24)38-30(43-27)39(20-23-10-8-7-9-11-23)17-14-28(40)36-16-15-35-22(3)37-31(41)42-32(4,5)6;1-17(2)14-22-24(19-8-9-20(27)21(28)15-19)33-26(36-22)34(16-18-6-4-3-5-7-18)13-10-23(35)31-11-12-32-25(29)30/h7-13,19,21H,14-18,20H2,1-6H3,(H,36,40)(H,35,37,41);3-9,15,17H,10-14,16H2,1-2H3,(H,31,35)(H4,29,30,32). The van der Waals surface area contributed by atoms with E-state index >= 15 is 0 Å². The van der Waals surface area contributed by atoms with E-state index in [-0.39, 0.29) is 24.2 Å². The molecule has 0 bridgehead atoms. The Bertz CT molecular complexity index is 2980. The maximum Gasteiger partial charge on any atom is 0.413 e. The first-order chi connectivity index (χ1) is 37.5.